The molecule has 0 saturated carbocycles. The Morgan fingerprint density at radius 3 is 2.20 bits per heavy atom. The molecular weight excluding hydrogens is 380 g/mol. The largest absolute Gasteiger partial charge is 0.494 e. The van der Waals surface area contributed by atoms with Crippen molar-refractivity contribution in [2.75, 3.05) is 38.3 Å². The molecule has 0 aromatic heterocycles. The third-order valence-electron chi connectivity index (χ3n) is 4.93. The van der Waals surface area contributed by atoms with Crippen LogP contribution in [0.25, 0.3) is 5.57 Å². The number of benzene rings is 2. The number of anilines is 1. The van der Waals surface area contributed by atoms with Gasteiger partial charge in [-0.1, -0.05) is 37.3 Å². The van der Waals surface area contributed by atoms with Crippen LogP contribution in [0, 0.1) is 0 Å². The maximum atomic E-state index is 13.3. The molecule has 2 amide bonds. The summed E-state index contributed by atoms with van der Waals surface area (Å²) in [6.07, 6.45) is 0.918. The Bertz CT molecular complexity index is 907. The highest BCUT2D eigenvalue weighted by Crippen LogP contribution is 2.34. The molecule has 6 heteroatoms. The number of imide groups is 1. The highest BCUT2D eigenvalue weighted by atomic mass is 16.5. The van der Waals surface area contributed by atoms with E-state index in [9.17, 15) is 9.59 Å². The van der Waals surface area contributed by atoms with Gasteiger partial charge in [-0.05, 0) is 43.2 Å². The predicted octanol–water partition coefficient (Wildman–Crippen LogP) is 3.73. The quantitative estimate of drug-likeness (QED) is 0.561. The standard InChI is InChI=1S/C24H28N2O4/c1-4-16-30-20-13-11-18(12-14-20)21-22(24(28)26(23(21)27)15-17-29-3)25(5-2)19-9-7-6-8-10-19/h6-14H,4-5,15-17H2,1-3H3. The van der Waals surface area contributed by atoms with E-state index in [0.717, 1.165) is 17.9 Å². The Morgan fingerprint density at radius 2 is 1.60 bits per heavy atom. The van der Waals surface area contributed by atoms with Gasteiger partial charge in [0.25, 0.3) is 11.8 Å². The molecule has 0 aliphatic carbocycles. The fourth-order valence-corrected chi connectivity index (χ4v) is 3.47. The number of rotatable bonds is 10. The van der Waals surface area contributed by atoms with Crippen molar-refractivity contribution in [2.24, 2.45) is 0 Å². The summed E-state index contributed by atoms with van der Waals surface area (Å²) in [5.41, 5.74) is 2.36. The number of nitrogens with zero attached hydrogens (tertiary/aromatic N) is 2. The van der Waals surface area contributed by atoms with Crippen molar-refractivity contribution >= 4 is 23.1 Å². The Kier molecular flexibility index (Phi) is 7.25. The Morgan fingerprint density at radius 1 is 0.900 bits per heavy atom. The second-order valence-corrected chi connectivity index (χ2v) is 6.93. The molecule has 158 valence electrons. The summed E-state index contributed by atoms with van der Waals surface area (Å²) in [4.78, 5) is 29.7. The second-order valence-electron chi connectivity index (χ2n) is 6.93. The number of amides is 2. The number of carbonyl (C=O) groups excluding carboxylic acids is 2. The molecule has 30 heavy (non-hydrogen) atoms. The molecule has 6 nitrogen and oxygen atoms in total. The maximum Gasteiger partial charge on any atom is 0.278 e. The molecule has 0 saturated heterocycles. The number of hydrogen-bond acceptors (Lipinski definition) is 5. The normalized spacial score (nSPS) is 13.9. The zero-order valence-electron chi connectivity index (χ0n) is 17.8. The summed E-state index contributed by atoms with van der Waals surface area (Å²) in [5.74, 6) is 0.138. The lowest BCUT2D eigenvalue weighted by Crippen LogP contribution is -2.37. The van der Waals surface area contributed by atoms with Gasteiger partial charge in [0, 0.05) is 19.3 Å². The van der Waals surface area contributed by atoms with Gasteiger partial charge >= 0.3 is 0 Å². The van der Waals surface area contributed by atoms with E-state index in [-0.39, 0.29) is 18.4 Å². The minimum Gasteiger partial charge on any atom is -0.494 e. The lowest BCUT2D eigenvalue weighted by molar-refractivity contribution is -0.137. The lowest BCUT2D eigenvalue weighted by Gasteiger charge is -2.24. The van der Waals surface area contributed by atoms with Gasteiger partial charge in [0.15, 0.2) is 0 Å². The van der Waals surface area contributed by atoms with Crippen LogP contribution in [0.2, 0.25) is 0 Å². The zero-order valence-corrected chi connectivity index (χ0v) is 17.8. The predicted molar refractivity (Wildman–Crippen MR) is 117 cm³/mol. The second kappa shape index (κ2) is 10.1. The van der Waals surface area contributed by atoms with E-state index < -0.39 is 0 Å². The van der Waals surface area contributed by atoms with E-state index >= 15 is 0 Å². The SMILES string of the molecule is CCCOc1ccc(C2=C(N(CC)c3ccccc3)C(=O)N(CCOC)C2=O)cc1. The van der Waals surface area contributed by atoms with Gasteiger partial charge in [0.2, 0.25) is 0 Å². The summed E-state index contributed by atoms with van der Waals surface area (Å²) in [6, 6.07) is 17.0. The Labute approximate surface area is 177 Å². The average molecular weight is 408 g/mol. The van der Waals surface area contributed by atoms with Gasteiger partial charge in [-0.2, -0.15) is 0 Å². The Hall–Kier alpha value is -3.12. The average Bonchev–Trinajstić information content (AvgIpc) is 3.02. The first-order valence-corrected chi connectivity index (χ1v) is 10.3. The molecule has 0 unspecified atom stereocenters. The molecule has 3 rings (SSSR count). The molecule has 1 aliphatic heterocycles. The molecule has 0 bridgehead atoms. The van der Waals surface area contributed by atoms with Gasteiger partial charge in [-0.3, -0.25) is 14.5 Å². The van der Waals surface area contributed by atoms with Crippen LogP contribution in [-0.4, -0.2) is 50.1 Å². The summed E-state index contributed by atoms with van der Waals surface area (Å²) in [6.45, 7) is 5.70. The minimum absolute atomic E-state index is 0.213. The van der Waals surface area contributed by atoms with Crippen LogP contribution in [-0.2, 0) is 14.3 Å². The summed E-state index contributed by atoms with van der Waals surface area (Å²) in [5, 5.41) is 0. The van der Waals surface area contributed by atoms with Crippen molar-refractivity contribution in [2.45, 2.75) is 20.3 Å². The minimum atomic E-state index is -0.302. The van der Waals surface area contributed by atoms with Crippen LogP contribution in [0.15, 0.2) is 60.3 Å². The third-order valence-corrected chi connectivity index (χ3v) is 4.93. The summed E-state index contributed by atoms with van der Waals surface area (Å²) < 4.78 is 10.8. The molecule has 1 aliphatic rings. The fraction of sp³-hybridized carbons (Fsp3) is 0.333. The highest BCUT2D eigenvalue weighted by molar-refractivity contribution is 6.36. The zero-order chi connectivity index (χ0) is 21.5. The molecule has 2 aromatic carbocycles. The smallest absolute Gasteiger partial charge is 0.278 e. The van der Waals surface area contributed by atoms with E-state index in [0.29, 0.717) is 36.6 Å². The van der Waals surface area contributed by atoms with E-state index in [1.165, 1.54) is 4.90 Å². The van der Waals surface area contributed by atoms with E-state index in [2.05, 4.69) is 0 Å². The van der Waals surface area contributed by atoms with Crippen molar-refractivity contribution in [1.29, 1.82) is 0 Å². The number of para-hydroxylation sites is 1. The molecule has 0 spiro atoms. The van der Waals surface area contributed by atoms with Crippen molar-refractivity contribution in [3.63, 3.8) is 0 Å². The number of likely N-dealkylation sites (N-methyl/N-ethyl adjacent to an activating group) is 1. The van der Waals surface area contributed by atoms with E-state index in [4.69, 9.17) is 9.47 Å². The lowest BCUT2D eigenvalue weighted by atomic mass is 10.0. The highest BCUT2D eigenvalue weighted by Gasteiger charge is 2.41. The van der Waals surface area contributed by atoms with Crippen LogP contribution in [0.5, 0.6) is 5.75 Å². The number of methoxy groups -OCH3 is 1. The molecule has 0 fully saturated rings. The molecule has 0 atom stereocenters. The first-order valence-electron chi connectivity index (χ1n) is 10.3. The molecule has 0 N–H and O–H groups in total. The van der Waals surface area contributed by atoms with Crippen LogP contribution in [0.1, 0.15) is 25.8 Å². The van der Waals surface area contributed by atoms with Gasteiger partial charge in [0.05, 0.1) is 25.3 Å². The number of hydrogen-bond donors (Lipinski definition) is 0. The number of carbonyl (C=O) groups is 2. The van der Waals surface area contributed by atoms with Gasteiger partial charge in [-0.15, -0.1) is 0 Å². The number of ether oxygens (including phenoxy) is 2. The van der Waals surface area contributed by atoms with Crippen molar-refractivity contribution < 1.29 is 19.1 Å². The van der Waals surface area contributed by atoms with Crippen molar-refractivity contribution in [1.82, 2.24) is 4.90 Å². The molecule has 0 radical (unpaired) electrons. The van der Waals surface area contributed by atoms with Crippen LogP contribution in [0.4, 0.5) is 5.69 Å². The van der Waals surface area contributed by atoms with E-state index in [1.807, 2.05) is 73.3 Å². The van der Waals surface area contributed by atoms with Gasteiger partial charge in [-0.25, -0.2) is 0 Å². The van der Waals surface area contributed by atoms with Gasteiger partial charge in [0.1, 0.15) is 11.4 Å². The van der Waals surface area contributed by atoms with Crippen LogP contribution in [0.3, 0.4) is 0 Å². The van der Waals surface area contributed by atoms with Crippen molar-refractivity contribution in [3.8, 4) is 5.75 Å². The van der Waals surface area contributed by atoms with E-state index in [1.54, 1.807) is 7.11 Å². The molecular formula is C24H28N2O4. The van der Waals surface area contributed by atoms with Gasteiger partial charge < -0.3 is 14.4 Å². The summed E-state index contributed by atoms with van der Waals surface area (Å²) in [7, 11) is 1.55. The molecule has 2 aromatic rings. The van der Waals surface area contributed by atoms with Crippen LogP contribution < -0.4 is 9.64 Å². The maximum absolute atomic E-state index is 13.3. The van der Waals surface area contributed by atoms with Crippen molar-refractivity contribution in [3.05, 3.63) is 65.9 Å². The summed E-state index contributed by atoms with van der Waals surface area (Å²) >= 11 is 0. The fourth-order valence-electron chi connectivity index (χ4n) is 3.47. The molecule has 1 heterocycles. The third kappa shape index (κ3) is 4.39. The topological polar surface area (TPSA) is 59.1 Å². The first kappa shape index (κ1) is 21.6. The Balaban J connectivity index is 2.06. The van der Waals surface area contributed by atoms with Crippen LogP contribution >= 0.6 is 0 Å². The monoisotopic (exact) mass is 408 g/mol. The first-order chi connectivity index (χ1) is 14.6.